The molecule has 2 aromatic rings. The molecule has 0 atom stereocenters. The third kappa shape index (κ3) is 5.51. The predicted molar refractivity (Wildman–Crippen MR) is 104 cm³/mol. The van der Waals surface area contributed by atoms with Crippen molar-refractivity contribution in [1.82, 2.24) is 5.43 Å². The van der Waals surface area contributed by atoms with Gasteiger partial charge >= 0.3 is 0 Å². The molecule has 1 amide bonds. The molecule has 0 unspecified atom stereocenters. The van der Waals surface area contributed by atoms with Crippen LogP contribution < -0.4 is 20.6 Å². The van der Waals surface area contributed by atoms with E-state index in [1.54, 1.807) is 37.6 Å². The first-order valence-electron chi connectivity index (χ1n) is 8.64. The molecule has 2 rings (SSSR count). The summed E-state index contributed by atoms with van der Waals surface area (Å²) >= 11 is 0. The molecule has 6 nitrogen and oxygen atoms in total. The van der Waals surface area contributed by atoms with E-state index >= 15 is 0 Å². The number of nitrogen functional groups attached to an aromatic ring is 1. The number of nitrogens with zero attached hydrogens (tertiary/aromatic N) is 1. The molecule has 0 fully saturated rings. The molecule has 26 heavy (non-hydrogen) atoms. The number of rotatable bonds is 9. The fourth-order valence-corrected chi connectivity index (χ4v) is 2.35. The number of ether oxygens (including phenoxy) is 2. The summed E-state index contributed by atoms with van der Waals surface area (Å²) in [7, 11) is 1.59. The van der Waals surface area contributed by atoms with Crippen LogP contribution in [-0.2, 0) is 0 Å². The van der Waals surface area contributed by atoms with Crippen molar-refractivity contribution in [3.63, 3.8) is 0 Å². The first kappa shape index (κ1) is 19.3. The average Bonchev–Trinajstić information content (AvgIpc) is 2.66. The third-order valence-corrected chi connectivity index (χ3v) is 3.78. The van der Waals surface area contributed by atoms with E-state index in [-0.39, 0.29) is 5.91 Å². The minimum Gasteiger partial charge on any atom is -0.493 e. The molecule has 0 heterocycles. The molecule has 3 N–H and O–H groups in total. The molecule has 0 bridgehead atoms. The van der Waals surface area contributed by atoms with E-state index in [1.165, 1.54) is 0 Å². The Balaban J connectivity index is 1.97. The lowest BCUT2D eigenvalue weighted by atomic mass is 10.2. The highest BCUT2D eigenvalue weighted by Gasteiger charge is 2.08. The molecule has 0 aromatic heterocycles. The topological polar surface area (TPSA) is 85.9 Å². The van der Waals surface area contributed by atoms with Crippen LogP contribution in [0.25, 0.3) is 0 Å². The molecule has 0 aliphatic carbocycles. The number of hydrazone groups is 1. The number of unbranched alkanes of at least 4 members (excludes halogenated alkanes) is 2. The number of para-hydroxylation sites is 1. The number of anilines is 1. The van der Waals surface area contributed by atoms with Gasteiger partial charge in [-0.05, 0) is 42.3 Å². The molecule has 0 saturated heterocycles. The van der Waals surface area contributed by atoms with Crippen molar-refractivity contribution in [3.8, 4) is 11.5 Å². The Morgan fingerprint density at radius 2 is 2.00 bits per heavy atom. The van der Waals surface area contributed by atoms with Crippen LogP contribution in [0.3, 0.4) is 0 Å². The van der Waals surface area contributed by atoms with E-state index in [4.69, 9.17) is 15.2 Å². The number of nitrogens with two attached hydrogens (primary N) is 1. The lowest BCUT2D eigenvalue weighted by Gasteiger charge is -2.11. The molecule has 6 heteroatoms. The highest BCUT2D eigenvalue weighted by atomic mass is 16.5. The van der Waals surface area contributed by atoms with Gasteiger partial charge in [-0.25, -0.2) is 5.43 Å². The molecular weight excluding hydrogens is 330 g/mol. The van der Waals surface area contributed by atoms with Crippen LogP contribution in [-0.4, -0.2) is 25.8 Å². The molecule has 0 aliphatic heterocycles. The van der Waals surface area contributed by atoms with Crippen molar-refractivity contribution in [1.29, 1.82) is 0 Å². The van der Waals surface area contributed by atoms with E-state index in [9.17, 15) is 4.79 Å². The molecular formula is C20H25N3O3. The van der Waals surface area contributed by atoms with Crippen LogP contribution in [0.2, 0.25) is 0 Å². The van der Waals surface area contributed by atoms with Gasteiger partial charge in [0.15, 0.2) is 11.5 Å². The van der Waals surface area contributed by atoms with E-state index in [2.05, 4.69) is 17.5 Å². The van der Waals surface area contributed by atoms with Crippen molar-refractivity contribution < 1.29 is 14.3 Å². The summed E-state index contributed by atoms with van der Waals surface area (Å²) in [5, 5.41) is 3.97. The first-order chi connectivity index (χ1) is 12.7. The van der Waals surface area contributed by atoms with E-state index < -0.39 is 0 Å². The lowest BCUT2D eigenvalue weighted by molar-refractivity contribution is 0.0956. The highest BCUT2D eigenvalue weighted by Crippen LogP contribution is 2.27. The molecule has 0 aliphatic rings. The number of benzene rings is 2. The van der Waals surface area contributed by atoms with Gasteiger partial charge in [0.1, 0.15) is 0 Å². The maximum Gasteiger partial charge on any atom is 0.273 e. The lowest BCUT2D eigenvalue weighted by Crippen LogP contribution is -2.19. The Morgan fingerprint density at radius 3 is 2.73 bits per heavy atom. The number of nitrogens with one attached hydrogen (secondary N) is 1. The van der Waals surface area contributed by atoms with Crippen molar-refractivity contribution in [2.45, 2.75) is 26.2 Å². The van der Waals surface area contributed by atoms with Crippen LogP contribution in [0.4, 0.5) is 5.69 Å². The normalized spacial score (nSPS) is 10.7. The van der Waals surface area contributed by atoms with E-state index in [0.29, 0.717) is 29.4 Å². The quantitative estimate of drug-likeness (QED) is 0.311. The SMILES string of the molecule is CCCCCOc1ccc(/C=N\NC(=O)c2ccccc2N)cc1OC. The van der Waals surface area contributed by atoms with Gasteiger partial charge in [-0.3, -0.25) is 4.79 Å². The van der Waals surface area contributed by atoms with Gasteiger partial charge in [0.05, 0.1) is 25.5 Å². The first-order valence-corrected chi connectivity index (χ1v) is 8.64. The average molecular weight is 355 g/mol. The van der Waals surface area contributed by atoms with Crippen LogP contribution in [0.15, 0.2) is 47.6 Å². The minimum atomic E-state index is -0.359. The van der Waals surface area contributed by atoms with Crippen molar-refractivity contribution in [2.75, 3.05) is 19.5 Å². The minimum absolute atomic E-state index is 0.359. The summed E-state index contributed by atoms with van der Waals surface area (Å²) in [4.78, 5) is 12.1. The van der Waals surface area contributed by atoms with Gasteiger partial charge in [-0.15, -0.1) is 0 Å². The number of carbonyl (C=O) groups excluding carboxylic acids is 1. The third-order valence-electron chi connectivity index (χ3n) is 3.78. The van der Waals surface area contributed by atoms with Crippen molar-refractivity contribution in [3.05, 3.63) is 53.6 Å². The zero-order chi connectivity index (χ0) is 18.8. The standard InChI is InChI=1S/C20H25N3O3/c1-3-4-7-12-26-18-11-10-15(13-19(18)25-2)14-22-23-20(24)16-8-5-6-9-17(16)21/h5-6,8-11,13-14H,3-4,7,12,21H2,1-2H3,(H,23,24)/b22-14-. The summed E-state index contributed by atoms with van der Waals surface area (Å²) in [6.45, 7) is 2.81. The number of methoxy groups -OCH3 is 1. The Hall–Kier alpha value is -3.02. The van der Waals surface area contributed by atoms with E-state index in [1.807, 2.05) is 18.2 Å². The molecule has 2 aromatic carbocycles. The molecule has 0 spiro atoms. The number of carbonyl (C=O) groups is 1. The van der Waals surface area contributed by atoms with Gasteiger partial charge in [0.25, 0.3) is 5.91 Å². The van der Waals surface area contributed by atoms with Gasteiger partial charge < -0.3 is 15.2 Å². The fourth-order valence-electron chi connectivity index (χ4n) is 2.35. The summed E-state index contributed by atoms with van der Waals surface area (Å²) in [6.07, 6.45) is 4.84. The van der Waals surface area contributed by atoms with Crippen LogP contribution in [0.1, 0.15) is 42.1 Å². The number of amides is 1. The van der Waals surface area contributed by atoms with Crippen molar-refractivity contribution >= 4 is 17.8 Å². The maximum atomic E-state index is 12.1. The number of hydrogen-bond donors (Lipinski definition) is 2. The van der Waals surface area contributed by atoms with E-state index in [0.717, 1.165) is 24.8 Å². The van der Waals surface area contributed by atoms with Gasteiger partial charge in [0, 0.05) is 5.69 Å². The Bertz CT molecular complexity index is 760. The number of hydrogen-bond acceptors (Lipinski definition) is 5. The zero-order valence-corrected chi connectivity index (χ0v) is 15.2. The summed E-state index contributed by atoms with van der Waals surface area (Å²) in [5.41, 5.74) is 9.82. The summed E-state index contributed by atoms with van der Waals surface area (Å²) in [6, 6.07) is 12.3. The largest absolute Gasteiger partial charge is 0.493 e. The second kappa shape index (κ2) is 10.1. The van der Waals surface area contributed by atoms with Crippen molar-refractivity contribution in [2.24, 2.45) is 5.10 Å². The monoisotopic (exact) mass is 355 g/mol. The van der Waals surface area contributed by atoms with Gasteiger partial charge in [0.2, 0.25) is 0 Å². The molecule has 0 saturated carbocycles. The Labute approximate surface area is 154 Å². The van der Waals surface area contributed by atoms with Gasteiger partial charge in [-0.2, -0.15) is 5.10 Å². The van der Waals surface area contributed by atoms with Gasteiger partial charge in [-0.1, -0.05) is 31.9 Å². The smallest absolute Gasteiger partial charge is 0.273 e. The Morgan fingerprint density at radius 1 is 1.19 bits per heavy atom. The maximum absolute atomic E-state index is 12.1. The van der Waals surface area contributed by atoms with Crippen LogP contribution >= 0.6 is 0 Å². The molecule has 0 radical (unpaired) electrons. The summed E-state index contributed by atoms with van der Waals surface area (Å²) < 4.78 is 11.1. The van der Waals surface area contributed by atoms with Crippen LogP contribution in [0, 0.1) is 0 Å². The zero-order valence-electron chi connectivity index (χ0n) is 15.2. The van der Waals surface area contributed by atoms with Crippen LogP contribution in [0.5, 0.6) is 11.5 Å². The fraction of sp³-hybridized carbons (Fsp3) is 0.300. The highest BCUT2D eigenvalue weighted by molar-refractivity contribution is 5.99. The predicted octanol–water partition coefficient (Wildman–Crippen LogP) is 3.61. The summed E-state index contributed by atoms with van der Waals surface area (Å²) in [5.74, 6) is 0.966. The second-order valence-corrected chi connectivity index (χ2v) is 5.75. The Kier molecular flexibility index (Phi) is 7.49. The second-order valence-electron chi connectivity index (χ2n) is 5.75. The molecule has 138 valence electrons.